The second kappa shape index (κ2) is 12.5. The van der Waals surface area contributed by atoms with Crippen LogP contribution >= 0.6 is 0 Å². The Morgan fingerprint density at radius 2 is 1.66 bits per heavy atom. The van der Waals surface area contributed by atoms with Crippen LogP contribution in [-0.4, -0.2) is 47.5 Å². The van der Waals surface area contributed by atoms with Gasteiger partial charge in [0.2, 0.25) is 11.8 Å². The summed E-state index contributed by atoms with van der Waals surface area (Å²) in [5.41, 5.74) is 2.03. The Bertz CT molecular complexity index is 766. The number of hydrogen-bond donors (Lipinski definition) is 2. The lowest BCUT2D eigenvalue weighted by Crippen LogP contribution is -2.52. The number of unbranched alkanes of at least 4 members (excludes halogenated alkanes) is 2. The molecule has 0 aliphatic rings. The van der Waals surface area contributed by atoms with Crippen molar-refractivity contribution in [2.24, 2.45) is 0 Å². The van der Waals surface area contributed by atoms with Gasteiger partial charge in [0.05, 0.1) is 0 Å². The lowest BCUT2D eigenvalue weighted by atomic mass is 9.93. The molecular weight excluding hydrogens is 406 g/mol. The fourth-order valence-electron chi connectivity index (χ4n) is 3.63. The molecule has 2 N–H and O–H groups in total. The number of amides is 3. The summed E-state index contributed by atoms with van der Waals surface area (Å²) in [4.78, 5) is 40.4. The highest BCUT2D eigenvalue weighted by Gasteiger charge is 2.35. The maximum atomic E-state index is 13.4. The number of benzene rings is 1. The number of carbonyl (C=O) groups is 3. The highest BCUT2D eigenvalue weighted by atomic mass is 16.6. The molecule has 0 fully saturated rings. The van der Waals surface area contributed by atoms with Crippen molar-refractivity contribution < 1.29 is 19.1 Å². The zero-order valence-corrected chi connectivity index (χ0v) is 21.0. The van der Waals surface area contributed by atoms with Gasteiger partial charge in [-0.15, -0.1) is 0 Å². The van der Waals surface area contributed by atoms with E-state index >= 15 is 0 Å². The third-order valence-electron chi connectivity index (χ3n) is 5.18. The molecule has 0 aromatic heterocycles. The number of ether oxygens (including phenoxy) is 1. The molecule has 1 rings (SSSR count). The molecule has 0 heterocycles. The van der Waals surface area contributed by atoms with E-state index in [9.17, 15) is 14.4 Å². The number of hydrogen-bond acceptors (Lipinski definition) is 4. The van der Waals surface area contributed by atoms with E-state index < -0.39 is 23.8 Å². The summed E-state index contributed by atoms with van der Waals surface area (Å²) >= 11 is 0. The minimum Gasteiger partial charge on any atom is -0.444 e. The molecule has 32 heavy (non-hydrogen) atoms. The van der Waals surface area contributed by atoms with Crippen molar-refractivity contribution in [2.75, 3.05) is 13.1 Å². The molecule has 2 atom stereocenters. The Balaban J connectivity index is 3.20. The normalized spacial score (nSPS) is 13.1. The van der Waals surface area contributed by atoms with Gasteiger partial charge >= 0.3 is 6.09 Å². The van der Waals surface area contributed by atoms with Gasteiger partial charge in [-0.1, -0.05) is 38.0 Å². The van der Waals surface area contributed by atoms with Gasteiger partial charge < -0.3 is 20.3 Å². The molecule has 0 aliphatic heterocycles. The predicted molar refractivity (Wildman–Crippen MR) is 127 cm³/mol. The van der Waals surface area contributed by atoms with Gasteiger partial charge in [-0.05, 0) is 71.6 Å². The number of rotatable bonds is 10. The highest BCUT2D eigenvalue weighted by Crippen LogP contribution is 2.28. The Hall–Kier alpha value is -2.57. The Morgan fingerprint density at radius 1 is 1.06 bits per heavy atom. The third kappa shape index (κ3) is 8.17. The van der Waals surface area contributed by atoms with E-state index in [1.165, 1.54) is 4.90 Å². The first-order valence-electron chi connectivity index (χ1n) is 11.6. The van der Waals surface area contributed by atoms with Gasteiger partial charge in [-0.25, -0.2) is 4.79 Å². The van der Waals surface area contributed by atoms with E-state index in [4.69, 9.17) is 4.74 Å². The van der Waals surface area contributed by atoms with Crippen molar-refractivity contribution in [3.63, 3.8) is 0 Å². The maximum absolute atomic E-state index is 13.4. The van der Waals surface area contributed by atoms with Crippen molar-refractivity contribution in [3.8, 4) is 0 Å². The molecule has 0 aliphatic carbocycles. The summed E-state index contributed by atoms with van der Waals surface area (Å²) in [6.07, 6.45) is 2.31. The van der Waals surface area contributed by atoms with Gasteiger partial charge in [0.1, 0.15) is 17.7 Å². The van der Waals surface area contributed by atoms with Crippen LogP contribution < -0.4 is 10.6 Å². The van der Waals surface area contributed by atoms with Gasteiger partial charge in [0.15, 0.2) is 0 Å². The van der Waals surface area contributed by atoms with Crippen LogP contribution in [0.4, 0.5) is 4.79 Å². The van der Waals surface area contributed by atoms with E-state index in [0.29, 0.717) is 13.1 Å². The average molecular weight is 448 g/mol. The number of carbonyl (C=O) groups excluding carboxylic acids is 3. The van der Waals surface area contributed by atoms with Crippen LogP contribution in [0.1, 0.15) is 83.5 Å². The molecule has 1 aromatic rings. The second-order valence-corrected chi connectivity index (χ2v) is 9.20. The van der Waals surface area contributed by atoms with E-state index in [0.717, 1.165) is 36.0 Å². The first-order valence-corrected chi connectivity index (χ1v) is 11.6. The van der Waals surface area contributed by atoms with Gasteiger partial charge in [-0.3, -0.25) is 9.59 Å². The summed E-state index contributed by atoms with van der Waals surface area (Å²) in [6.45, 7) is 15.6. The SMILES string of the molecule is CCCCCNC(=O)C(c1c(C)cccc1C)N(CC)C(=O)C(C)NC(=O)OC(C)(C)C. The number of nitrogens with zero attached hydrogens (tertiary/aromatic N) is 1. The fourth-order valence-corrected chi connectivity index (χ4v) is 3.63. The molecule has 0 saturated heterocycles. The van der Waals surface area contributed by atoms with Crippen molar-refractivity contribution >= 4 is 17.9 Å². The average Bonchev–Trinajstić information content (AvgIpc) is 2.68. The fraction of sp³-hybridized carbons (Fsp3) is 0.640. The van der Waals surface area contributed by atoms with Gasteiger partial charge in [0.25, 0.3) is 0 Å². The van der Waals surface area contributed by atoms with E-state index in [2.05, 4.69) is 17.6 Å². The minimum atomic E-state index is -0.843. The lowest BCUT2D eigenvalue weighted by molar-refractivity contribution is -0.142. The topological polar surface area (TPSA) is 87.7 Å². The van der Waals surface area contributed by atoms with Crippen LogP contribution in [0.25, 0.3) is 0 Å². The minimum absolute atomic E-state index is 0.210. The number of aryl methyl sites for hydroxylation is 2. The molecule has 0 radical (unpaired) electrons. The molecule has 0 bridgehead atoms. The van der Waals surface area contributed by atoms with Gasteiger partial charge in [0, 0.05) is 13.1 Å². The number of alkyl carbamates (subject to hydrolysis) is 1. The monoisotopic (exact) mass is 447 g/mol. The smallest absolute Gasteiger partial charge is 0.408 e. The zero-order chi connectivity index (χ0) is 24.5. The zero-order valence-electron chi connectivity index (χ0n) is 21.0. The van der Waals surface area contributed by atoms with Crippen LogP contribution in [0.2, 0.25) is 0 Å². The van der Waals surface area contributed by atoms with Crippen LogP contribution in [0.5, 0.6) is 0 Å². The second-order valence-electron chi connectivity index (χ2n) is 9.20. The summed E-state index contributed by atoms with van der Waals surface area (Å²) in [6, 6.07) is 4.21. The van der Waals surface area contributed by atoms with Crippen LogP contribution in [0.15, 0.2) is 18.2 Å². The molecule has 7 nitrogen and oxygen atoms in total. The summed E-state index contributed by atoms with van der Waals surface area (Å²) in [5.74, 6) is -0.548. The molecule has 0 saturated carbocycles. The molecular formula is C25H41N3O4. The summed E-state index contributed by atoms with van der Waals surface area (Å²) < 4.78 is 5.28. The molecule has 1 aromatic carbocycles. The van der Waals surface area contributed by atoms with Gasteiger partial charge in [-0.2, -0.15) is 0 Å². The summed E-state index contributed by atoms with van der Waals surface area (Å²) in [5, 5.41) is 5.61. The molecule has 2 unspecified atom stereocenters. The summed E-state index contributed by atoms with van der Waals surface area (Å²) in [7, 11) is 0. The van der Waals surface area contributed by atoms with Crippen molar-refractivity contribution in [2.45, 2.75) is 92.3 Å². The standard InChI is InChI=1S/C25H41N3O4/c1-9-11-12-16-26-22(29)21(20-17(3)14-13-15-18(20)4)28(10-2)23(30)19(5)27-24(31)32-25(6,7)8/h13-15,19,21H,9-12,16H2,1-8H3,(H,26,29)(H,27,31). The molecule has 180 valence electrons. The molecule has 0 spiro atoms. The van der Waals surface area contributed by atoms with Crippen molar-refractivity contribution in [1.82, 2.24) is 15.5 Å². The Kier molecular flexibility index (Phi) is 10.7. The third-order valence-corrected chi connectivity index (χ3v) is 5.18. The number of likely N-dealkylation sites (N-methyl/N-ethyl adjacent to an activating group) is 1. The maximum Gasteiger partial charge on any atom is 0.408 e. The van der Waals surface area contributed by atoms with Crippen molar-refractivity contribution in [3.05, 3.63) is 34.9 Å². The van der Waals surface area contributed by atoms with Crippen LogP contribution in [-0.2, 0) is 14.3 Å². The largest absolute Gasteiger partial charge is 0.444 e. The van der Waals surface area contributed by atoms with E-state index in [1.54, 1.807) is 27.7 Å². The quantitative estimate of drug-likeness (QED) is 0.520. The number of nitrogens with one attached hydrogen (secondary N) is 2. The van der Waals surface area contributed by atoms with E-state index in [1.807, 2.05) is 39.0 Å². The predicted octanol–water partition coefficient (Wildman–Crippen LogP) is 4.41. The van der Waals surface area contributed by atoms with E-state index in [-0.39, 0.29) is 11.8 Å². The molecule has 3 amide bonds. The van der Waals surface area contributed by atoms with Crippen LogP contribution in [0, 0.1) is 13.8 Å². The Morgan fingerprint density at radius 3 is 2.16 bits per heavy atom. The first kappa shape index (κ1) is 27.5. The Labute approximate surface area is 193 Å². The van der Waals surface area contributed by atoms with Crippen LogP contribution in [0.3, 0.4) is 0 Å². The van der Waals surface area contributed by atoms with Crippen molar-refractivity contribution in [1.29, 1.82) is 0 Å². The molecule has 7 heteroatoms. The first-order chi connectivity index (χ1) is 14.9. The highest BCUT2D eigenvalue weighted by molar-refractivity contribution is 5.92. The lowest BCUT2D eigenvalue weighted by Gasteiger charge is -2.34.